The minimum Gasteiger partial charge on any atom is -0.475 e. The van der Waals surface area contributed by atoms with Crippen molar-refractivity contribution in [2.75, 3.05) is 6.54 Å². The predicted octanol–water partition coefficient (Wildman–Crippen LogP) is 3.23. The Morgan fingerprint density at radius 2 is 1.92 bits per heavy atom. The summed E-state index contributed by atoms with van der Waals surface area (Å²) in [6.07, 6.45) is -0.437. The normalized spacial score (nSPS) is 11.3. The molecule has 130 valence electrons. The highest BCUT2D eigenvalue weighted by molar-refractivity contribution is 9.10. The van der Waals surface area contributed by atoms with E-state index in [0.717, 1.165) is 0 Å². The maximum Gasteiger partial charge on any atom is 0.321 e. The first-order chi connectivity index (χ1) is 12.0. The Balaban J connectivity index is 2.31. The number of carbonyl (C=O) groups excluding carboxylic acids is 3. The number of hydrogen-bond acceptors (Lipinski definition) is 4. The zero-order chi connectivity index (χ0) is 18.2. The number of carbonyl (C=O) groups is 3. The van der Waals surface area contributed by atoms with Gasteiger partial charge in [0.25, 0.3) is 5.91 Å². The maximum absolute atomic E-state index is 12.5. The quantitative estimate of drug-likeness (QED) is 0.723. The number of halogens is 1. The Kier molecular flexibility index (Phi) is 6.71. The van der Waals surface area contributed by atoms with Gasteiger partial charge in [0.1, 0.15) is 5.75 Å². The fourth-order valence-corrected chi connectivity index (χ4v) is 2.51. The van der Waals surface area contributed by atoms with Crippen LogP contribution in [-0.4, -0.2) is 24.8 Å². The minimum atomic E-state index is -1.08. The van der Waals surface area contributed by atoms with Gasteiger partial charge in [-0.05, 0) is 25.1 Å². The Morgan fingerprint density at radius 1 is 1.20 bits per heavy atom. The molecule has 0 heterocycles. The van der Waals surface area contributed by atoms with Gasteiger partial charge in [-0.15, -0.1) is 0 Å². The molecule has 0 aromatic heterocycles. The van der Waals surface area contributed by atoms with Crippen LogP contribution in [0.1, 0.15) is 28.9 Å². The Morgan fingerprint density at radius 3 is 2.56 bits per heavy atom. The highest BCUT2D eigenvalue weighted by Crippen LogP contribution is 2.27. The minimum absolute atomic E-state index is 0.248. The Hall–Kier alpha value is -2.67. The van der Waals surface area contributed by atoms with Crippen LogP contribution in [0.4, 0.5) is 4.79 Å². The van der Waals surface area contributed by atoms with Crippen LogP contribution in [0.5, 0.6) is 5.75 Å². The number of nitrogens with one attached hydrogen (secondary N) is 2. The van der Waals surface area contributed by atoms with Crippen molar-refractivity contribution in [2.45, 2.75) is 13.0 Å². The molecule has 2 rings (SSSR count). The smallest absolute Gasteiger partial charge is 0.321 e. The van der Waals surface area contributed by atoms with Gasteiger partial charge in [-0.25, -0.2) is 4.79 Å². The largest absolute Gasteiger partial charge is 0.475 e. The number of rotatable bonds is 6. The van der Waals surface area contributed by atoms with E-state index in [1.54, 1.807) is 55.5 Å². The van der Waals surface area contributed by atoms with Crippen LogP contribution in [0.2, 0.25) is 0 Å². The second kappa shape index (κ2) is 8.98. The molecule has 3 amide bonds. The van der Waals surface area contributed by atoms with Crippen LogP contribution in [0.3, 0.4) is 0 Å². The molecule has 6 nitrogen and oxygen atoms in total. The van der Waals surface area contributed by atoms with Crippen LogP contribution in [0.25, 0.3) is 0 Å². The van der Waals surface area contributed by atoms with Crippen molar-refractivity contribution in [2.24, 2.45) is 0 Å². The molecule has 0 bridgehead atoms. The summed E-state index contributed by atoms with van der Waals surface area (Å²) >= 11 is 3.28. The first-order valence-electron chi connectivity index (χ1n) is 7.60. The number of hydrogen-bond donors (Lipinski definition) is 2. The van der Waals surface area contributed by atoms with E-state index in [1.165, 1.54) is 0 Å². The Labute approximate surface area is 153 Å². The molecular weight excluding hydrogens is 388 g/mol. The summed E-state index contributed by atoms with van der Waals surface area (Å²) in [5.74, 6) is -0.380. The van der Waals surface area contributed by atoms with Gasteiger partial charge in [0, 0.05) is 16.6 Å². The van der Waals surface area contributed by atoms with Crippen molar-refractivity contribution < 1.29 is 19.1 Å². The SMILES string of the molecule is CCNC(=O)NC(=O)[C@@H](Oc1ccc(Br)cc1C=O)c1ccccc1. The van der Waals surface area contributed by atoms with Gasteiger partial charge < -0.3 is 10.1 Å². The van der Waals surface area contributed by atoms with Crippen molar-refractivity contribution in [3.63, 3.8) is 0 Å². The molecule has 2 aromatic rings. The monoisotopic (exact) mass is 404 g/mol. The number of benzene rings is 2. The molecule has 0 fully saturated rings. The van der Waals surface area contributed by atoms with Crippen molar-refractivity contribution in [1.82, 2.24) is 10.6 Å². The predicted molar refractivity (Wildman–Crippen MR) is 96.6 cm³/mol. The van der Waals surface area contributed by atoms with Crippen molar-refractivity contribution in [3.8, 4) is 5.75 Å². The van der Waals surface area contributed by atoms with Crippen molar-refractivity contribution in [3.05, 3.63) is 64.1 Å². The van der Waals surface area contributed by atoms with E-state index in [1.807, 2.05) is 0 Å². The lowest BCUT2D eigenvalue weighted by atomic mass is 10.1. The van der Waals surface area contributed by atoms with Crippen LogP contribution in [0, 0.1) is 0 Å². The summed E-state index contributed by atoms with van der Waals surface area (Å²) in [7, 11) is 0. The molecule has 0 spiro atoms. The number of imide groups is 1. The highest BCUT2D eigenvalue weighted by atomic mass is 79.9. The fraction of sp³-hybridized carbons (Fsp3) is 0.167. The van der Waals surface area contributed by atoms with Crippen LogP contribution in [0.15, 0.2) is 53.0 Å². The van der Waals surface area contributed by atoms with Gasteiger partial charge in [0.05, 0.1) is 5.56 Å². The summed E-state index contributed by atoms with van der Waals surface area (Å²) in [6.45, 7) is 2.13. The average Bonchev–Trinajstić information content (AvgIpc) is 2.61. The van der Waals surface area contributed by atoms with Crippen molar-refractivity contribution in [1.29, 1.82) is 0 Å². The maximum atomic E-state index is 12.5. The first-order valence-corrected chi connectivity index (χ1v) is 8.39. The molecule has 0 aliphatic rings. The number of amides is 3. The lowest BCUT2D eigenvalue weighted by Crippen LogP contribution is -2.42. The summed E-state index contributed by atoms with van der Waals surface area (Å²) in [5.41, 5.74) is 0.852. The van der Waals surface area contributed by atoms with Gasteiger partial charge in [-0.1, -0.05) is 46.3 Å². The molecule has 1 atom stereocenters. The lowest BCUT2D eigenvalue weighted by Gasteiger charge is -2.20. The molecule has 2 aromatic carbocycles. The fourth-order valence-electron chi connectivity index (χ4n) is 2.13. The molecule has 0 saturated carbocycles. The van der Waals surface area contributed by atoms with Crippen LogP contribution in [-0.2, 0) is 4.79 Å². The third-order valence-corrected chi connectivity index (χ3v) is 3.75. The van der Waals surface area contributed by atoms with E-state index >= 15 is 0 Å². The van der Waals surface area contributed by atoms with E-state index in [9.17, 15) is 14.4 Å². The zero-order valence-electron chi connectivity index (χ0n) is 13.5. The summed E-state index contributed by atoms with van der Waals surface area (Å²) < 4.78 is 6.49. The molecule has 2 N–H and O–H groups in total. The third-order valence-electron chi connectivity index (χ3n) is 3.26. The molecule has 0 aliphatic carbocycles. The number of ether oxygens (including phenoxy) is 1. The topological polar surface area (TPSA) is 84.5 Å². The van der Waals surface area contributed by atoms with Gasteiger partial charge in [-0.3, -0.25) is 14.9 Å². The molecule has 0 radical (unpaired) electrons. The van der Waals surface area contributed by atoms with E-state index in [0.29, 0.717) is 28.4 Å². The van der Waals surface area contributed by atoms with Crippen molar-refractivity contribution >= 4 is 34.2 Å². The molecule has 25 heavy (non-hydrogen) atoms. The first kappa shape index (κ1) is 18.7. The van der Waals surface area contributed by atoms with Gasteiger partial charge in [0.2, 0.25) is 6.10 Å². The number of aldehydes is 1. The van der Waals surface area contributed by atoms with Crippen LogP contribution >= 0.6 is 15.9 Å². The van der Waals surface area contributed by atoms with E-state index in [2.05, 4.69) is 26.6 Å². The van der Waals surface area contributed by atoms with E-state index in [4.69, 9.17) is 4.74 Å². The molecular formula is C18H17BrN2O4. The van der Waals surface area contributed by atoms with Gasteiger partial charge >= 0.3 is 6.03 Å². The molecule has 0 saturated heterocycles. The molecule has 0 unspecified atom stereocenters. The van der Waals surface area contributed by atoms with Crippen LogP contribution < -0.4 is 15.4 Å². The number of urea groups is 1. The Bertz CT molecular complexity index is 765. The highest BCUT2D eigenvalue weighted by Gasteiger charge is 2.25. The van der Waals surface area contributed by atoms with E-state index < -0.39 is 18.0 Å². The lowest BCUT2D eigenvalue weighted by molar-refractivity contribution is -0.127. The molecule has 0 aliphatic heterocycles. The van der Waals surface area contributed by atoms with Gasteiger partial charge in [-0.2, -0.15) is 0 Å². The molecule has 7 heteroatoms. The average molecular weight is 405 g/mol. The van der Waals surface area contributed by atoms with Gasteiger partial charge in [0.15, 0.2) is 6.29 Å². The zero-order valence-corrected chi connectivity index (χ0v) is 15.1. The summed E-state index contributed by atoms with van der Waals surface area (Å²) in [4.78, 5) is 35.4. The standard InChI is InChI=1S/C18H17BrN2O4/c1-2-20-18(24)21-17(23)16(12-6-4-3-5-7-12)25-15-9-8-14(19)10-13(15)11-22/h3-11,16H,2H2,1H3,(H2,20,21,23,24)/t16-/m0/s1. The summed E-state index contributed by atoms with van der Waals surface area (Å²) in [6, 6.07) is 13.0. The second-order valence-electron chi connectivity index (χ2n) is 5.06. The summed E-state index contributed by atoms with van der Waals surface area (Å²) in [5, 5.41) is 4.72. The van der Waals surface area contributed by atoms with E-state index in [-0.39, 0.29) is 5.75 Å². The second-order valence-corrected chi connectivity index (χ2v) is 5.97. The third kappa shape index (κ3) is 5.15.